The minimum atomic E-state index is -0.223. The molecule has 1 aromatic rings. The quantitative estimate of drug-likeness (QED) is 0.896. The van der Waals surface area contributed by atoms with E-state index in [0.29, 0.717) is 22.3 Å². The standard InChI is InChI=1S/C10H12Cl2N2O.ClH/c1-6(5-13)10(15)14-7-2-3-8(11)9(12)4-7;/h2-4,6H,5,13H2,1H3,(H,14,15);1H. The van der Waals surface area contributed by atoms with E-state index < -0.39 is 0 Å². The molecule has 1 aromatic carbocycles. The number of nitrogens with two attached hydrogens (primary N) is 1. The van der Waals surface area contributed by atoms with Gasteiger partial charge in [0, 0.05) is 18.2 Å². The molecular formula is C10H13Cl3N2O. The third-order valence-corrected chi connectivity index (χ3v) is 2.73. The van der Waals surface area contributed by atoms with Crippen molar-refractivity contribution in [3.63, 3.8) is 0 Å². The van der Waals surface area contributed by atoms with E-state index in [2.05, 4.69) is 5.32 Å². The lowest BCUT2D eigenvalue weighted by Gasteiger charge is -2.10. The molecule has 1 unspecified atom stereocenters. The van der Waals surface area contributed by atoms with Crippen LogP contribution in [-0.4, -0.2) is 12.5 Å². The first-order chi connectivity index (χ1) is 7.04. The Bertz CT molecular complexity index is 371. The van der Waals surface area contributed by atoms with Crippen molar-refractivity contribution in [2.24, 2.45) is 11.7 Å². The summed E-state index contributed by atoms with van der Waals surface area (Å²) in [7, 11) is 0. The SMILES string of the molecule is CC(CN)C(=O)Nc1ccc(Cl)c(Cl)c1.Cl. The Morgan fingerprint density at radius 1 is 1.44 bits per heavy atom. The molecule has 0 aliphatic heterocycles. The summed E-state index contributed by atoms with van der Waals surface area (Å²) in [6.07, 6.45) is 0. The van der Waals surface area contributed by atoms with Crippen LogP contribution in [0.2, 0.25) is 10.0 Å². The highest BCUT2D eigenvalue weighted by molar-refractivity contribution is 6.42. The van der Waals surface area contributed by atoms with Gasteiger partial charge >= 0.3 is 0 Å². The highest BCUT2D eigenvalue weighted by Gasteiger charge is 2.11. The number of carbonyl (C=O) groups excluding carboxylic acids is 1. The van der Waals surface area contributed by atoms with Crippen molar-refractivity contribution in [2.45, 2.75) is 6.92 Å². The third-order valence-electron chi connectivity index (χ3n) is 1.99. The van der Waals surface area contributed by atoms with Gasteiger partial charge in [0.15, 0.2) is 0 Å². The number of carbonyl (C=O) groups is 1. The highest BCUT2D eigenvalue weighted by atomic mass is 35.5. The zero-order valence-electron chi connectivity index (χ0n) is 8.67. The van der Waals surface area contributed by atoms with Crippen molar-refractivity contribution in [2.75, 3.05) is 11.9 Å². The largest absolute Gasteiger partial charge is 0.330 e. The number of nitrogens with one attached hydrogen (secondary N) is 1. The molecule has 0 saturated heterocycles. The van der Waals surface area contributed by atoms with Gasteiger partial charge in [-0.3, -0.25) is 4.79 Å². The van der Waals surface area contributed by atoms with E-state index in [1.54, 1.807) is 25.1 Å². The van der Waals surface area contributed by atoms with Gasteiger partial charge in [-0.1, -0.05) is 30.1 Å². The van der Waals surface area contributed by atoms with Crippen LogP contribution in [0, 0.1) is 5.92 Å². The van der Waals surface area contributed by atoms with E-state index in [-0.39, 0.29) is 24.2 Å². The van der Waals surface area contributed by atoms with Crippen LogP contribution in [0.25, 0.3) is 0 Å². The first-order valence-corrected chi connectivity index (χ1v) is 5.26. The van der Waals surface area contributed by atoms with Gasteiger partial charge in [0.2, 0.25) is 5.91 Å². The summed E-state index contributed by atoms with van der Waals surface area (Å²) in [4.78, 5) is 11.5. The van der Waals surface area contributed by atoms with Crippen LogP contribution in [0.15, 0.2) is 18.2 Å². The molecule has 0 bridgehead atoms. The minimum absolute atomic E-state index is 0. The van der Waals surface area contributed by atoms with Gasteiger partial charge in [0.05, 0.1) is 10.0 Å². The summed E-state index contributed by atoms with van der Waals surface area (Å²) in [5.74, 6) is -0.352. The van der Waals surface area contributed by atoms with Gasteiger partial charge in [-0.2, -0.15) is 0 Å². The van der Waals surface area contributed by atoms with Crippen LogP contribution in [0.1, 0.15) is 6.92 Å². The molecule has 6 heteroatoms. The topological polar surface area (TPSA) is 55.1 Å². The number of benzene rings is 1. The van der Waals surface area contributed by atoms with Crippen LogP contribution < -0.4 is 11.1 Å². The van der Waals surface area contributed by atoms with E-state index in [9.17, 15) is 4.79 Å². The van der Waals surface area contributed by atoms with E-state index in [1.807, 2.05) is 0 Å². The lowest BCUT2D eigenvalue weighted by molar-refractivity contribution is -0.119. The van der Waals surface area contributed by atoms with Gasteiger partial charge in [0.25, 0.3) is 0 Å². The molecule has 0 aliphatic rings. The van der Waals surface area contributed by atoms with Crippen molar-refractivity contribution < 1.29 is 4.79 Å². The van der Waals surface area contributed by atoms with Crippen molar-refractivity contribution in [3.8, 4) is 0 Å². The van der Waals surface area contributed by atoms with Crippen LogP contribution in [0.5, 0.6) is 0 Å². The fraction of sp³-hybridized carbons (Fsp3) is 0.300. The Labute approximate surface area is 111 Å². The molecule has 1 atom stereocenters. The van der Waals surface area contributed by atoms with Gasteiger partial charge in [0.1, 0.15) is 0 Å². The number of hydrogen-bond acceptors (Lipinski definition) is 2. The smallest absolute Gasteiger partial charge is 0.228 e. The number of anilines is 1. The van der Waals surface area contributed by atoms with Gasteiger partial charge < -0.3 is 11.1 Å². The fourth-order valence-corrected chi connectivity index (χ4v) is 1.24. The molecule has 0 radical (unpaired) electrons. The van der Waals surface area contributed by atoms with Gasteiger partial charge in [-0.15, -0.1) is 12.4 Å². The molecular weight excluding hydrogens is 270 g/mol. The summed E-state index contributed by atoms with van der Waals surface area (Å²) in [5, 5.41) is 3.57. The Balaban J connectivity index is 0.00000225. The van der Waals surface area contributed by atoms with Crippen LogP contribution in [0.3, 0.4) is 0 Å². The summed E-state index contributed by atoms with van der Waals surface area (Å²) in [6.45, 7) is 2.07. The number of amides is 1. The lowest BCUT2D eigenvalue weighted by atomic mass is 10.1. The first kappa shape index (κ1) is 15.5. The number of rotatable bonds is 3. The highest BCUT2D eigenvalue weighted by Crippen LogP contribution is 2.25. The molecule has 90 valence electrons. The maximum absolute atomic E-state index is 11.5. The maximum Gasteiger partial charge on any atom is 0.228 e. The Hall–Kier alpha value is -0.480. The normalized spacial score (nSPS) is 11.5. The van der Waals surface area contributed by atoms with E-state index >= 15 is 0 Å². The number of halogens is 3. The number of hydrogen-bond donors (Lipinski definition) is 2. The molecule has 1 rings (SSSR count). The van der Waals surface area contributed by atoms with Crippen LogP contribution in [0.4, 0.5) is 5.69 Å². The maximum atomic E-state index is 11.5. The zero-order chi connectivity index (χ0) is 11.4. The molecule has 0 saturated carbocycles. The van der Waals surface area contributed by atoms with Crippen LogP contribution in [-0.2, 0) is 4.79 Å². The lowest BCUT2D eigenvalue weighted by Crippen LogP contribution is -2.26. The average molecular weight is 284 g/mol. The Morgan fingerprint density at radius 2 is 2.06 bits per heavy atom. The van der Waals surface area contributed by atoms with Crippen molar-refractivity contribution in [3.05, 3.63) is 28.2 Å². The molecule has 0 aliphatic carbocycles. The molecule has 1 amide bonds. The average Bonchev–Trinajstić information content (AvgIpc) is 2.22. The minimum Gasteiger partial charge on any atom is -0.330 e. The summed E-state index contributed by atoms with van der Waals surface area (Å²) in [6, 6.07) is 4.92. The molecule has 16 heavy (non-hydrogen) atoms. The Kier molecular flexibility index (Phi) is 6.76. The molecule has 0 fully saturated rings. The monoisotopic (exact) mass is 282 g/mol. The van der Waals surface area contributed by atoms with Crippen molar-refractivity contribution in [1.82, 2.24) is 0 Å². The summed E-state index contributed by atoms with van der Waals surface area (Å²) < 4.78 is 0. The second-order valence-electron chi connectivity index (χ2n) is 3.25. The third kappa shape index (κ3) is 4.18. The van der Waals surface area contributed by atoms with Crippen molar-refractivity contribution >= 4 is 47.2 Å². The first-order valence-electron chi connectivity index (χ1n) is 4.50. The zero-order valence-corrected chi connectivity index (χ0v) is 11.0. The molecule has 0 spiro atoms. The van der Waals surface area contributed by atoms with E-state index in [0.717, 1.165) is 0 Å². The molecule has 3 nitrogen and oxygen atoms in total. The summed E-state index contributed by atoms with van der Waals surface area (Å²) >= 11 is 11.5. The van der Waals surface area contributed by atoms with E-state index in [4.69, 9.17) is 28.9 Å². The van der Waals surface area contributed by atoms with E-state index in [1.165, 1.54) is 0 Å². The Morgan fingerprint density at radius 3 is 2.56 bits per heavy atom. The second kappa shape index (κ2) is 6.97. The molecule has 3 N–H and O–H groups in total. The van der Waals surface area contributed by atoms with Gasteiger partial charge in [-0.25, -0.2) is 0 Å². The predicted octanol–water partition coefficient (Wildman–Crippen LogP) is 2.95. The molecule has 0 aromatic heterocycles. The molecule has 0 heterocycles. The van der Waals surface area contributed by atoms with Crippen LogP contribution >= 0.6 is 35.6 Å². The van der Waals surface area contributed by atoms with Crippen molar-refractivity contribution in [1.29, 1.82) is 0 Å². The van der Waals surface area contributed by atoms with Gasteiger partial charge in [-0.05, 0) is 18.2 Å². The summed E-state index contributed by atoms with van der Waals surface area (Å²) in [5.41, 5.74) is 5.99. The second-order valence-corrected chi connectivity index (χ2v) is 4.07. The fourth-order valence-electron chi connectivity index (χ4n) is 0.946. The predicted molar refractivity (Wildman–Crippen MR) is 70.6 cm³/mol.